The predicted molar refractivity (Wildman–Crippen MR) is 51.5 cm³/mol. The van der Waals surface area contributed by atoms with Crippen molar-refractivity contribution >= 4 is 16.9 Å². The Morgan fingerprint density at radius 3 is 3.18 bits per heavy atom. The van der Waals surface area contributed by atoms with Crippen molar-refractivity contribution in [3.63, 3.8) is 0 Å². The summed E-state index contributed by atoms with van der Waals surface area (Å²) in [5.41, 5.74) is 5.56. The van der Waals surface area contributed by atoms with E-state index in [-0.39, 0.29) is 0 Å². The smallest absolute Gasteiger partial charge is 0.158 e. The van der Waals surface area contributed by atoms with Crippen LogP contribution in [0.5, 0.6) is 0 Å². The van der Waals surface area contributed by atoms with Crippen LogP contribution in [0.3, 0.4) is 0 Å². The van der Waals surface area contributed by atoms with Gasteiger partial charge < -0.3 is 5.73 Å². The Morgan fingerprint density at radius 2 is 2.55 bits per heavy atom. The number of aliphatic imine (C=N–C) groups is 1. The van der Waals surface area contributed by atoms with Crippen molar-refractivity contribution < 1.29 is 0 Å². The van der Waals surface area contributed by atoms with E-state index in [0.717, 1.165) is 6.54 Å². The summed E-state index contributed by atoms with van der Waals surface area (Å²) in [5.74, 6) is 0.491. The molecule has 0 amide bonds. The maximum Gasteiger partial charge on any atom is 0.158 e. The van der Waals surface area contributed by atoms with Crippen LogP contribution in [0.25, 0.3) is 0 Å². The summed E-state index contributed by atoms with van der Waals surface area (Å²) in [5, 5.41) is 0.663. The van der Waals surface area contributed by atoms with Gasteiger partial charge in [-0.3, -0.25) is 4.99 Å². The number of rotatable bonds is 1. The lowest BCUT2D eigenvalue weighted by Crippen LogP contribution is -2.17. The highest BCUT2D eigenvalue weighted by atomic mass is 32.2. The van der Waals surface area contributed by atoms with Crippen LogP contribution in [0.15, 0.2) is 28.6 Å². The zero-order chi connectivity index (χ0) is 8.27. The molecule has 1 rings (SSSR count). The van der Waals surface area contributed by atoms with Crippen LogP contribution in [-0.2, 0) is 0 Å². The molecule has 0 saturated heterocycles. The van der Waals surface area contributed by atoms with Crippen LogP contribution in [-0.4, -0.2) is 11.7 Å². The first kappa shape index (κ1) is 8.40. The average Bonchev–Trinajstić information content (AvgIpc) is 1.98. The van der Waals surface area contributed by atoms with Gasteiger partial charge in [-0.2, -0.15) is 0 Å². The number of amidine groups is 1. The first-order chi connectivity index (χ1) is 5.24. The molecule has 1 heterocycles. The van der Waals surface area contributed by atoms with E-state index in [4.69, 9.17) is 5.73 Å². The maximum atomic E-state index is 5.56. The van der Waals surface area contributed by atoms with Crippen molar-refractivity contribution in [2.75, 3.05) is 6.54 Å². The number of thioether (sulfide) groups is 1. The van der Waals surface area contributed by atoms with Gasteiger partial charge in [0.05, 0.1) is 0 Å². The third kappa shape index (κ3) is 2.12. The third-order valence-corrected chi connectivity index (χ3v) is 2.62. The molecule has 0 spiro atoms. The molecule has 0 aromatic rings. The lowest BCUT2D eigenvalue weighted by molar-refractivity contribution is 0.726. The molecule has 0 fully saturated rings. The first-order valence-electron chi connectivity index (χ1n) is 3.54. The highest BCUT2D eigenvalue weighted by molar-refractivity contribution is 8.17. The number of nitrogens with zero attached hydrogens (tertiary/aromatic N) is 1. The van der Waals surface area contributed by atoms with E-state index in [1.807, 2.05) is 6.08 Å². The minimum Gasteiger partial charge on any atom is -0.378 e. The SMILES string of the molecule is C=C/C=C1\SC(N)=NC[C@H]1C. The fraction of sp³-hybridized carbons (Fsp3) is 0.375. The summed E-state index contributed by atoms with van der Waals surface area (Å²) in [6.45, 7) is 6.59. The van der Waals surface area contributed by atoms with E-state index in [2.05, 4.69) is 18.5 Å². The van der Waals surface area contributed by atoms with Gasteiger partial charge in [-0.25, -0.2) is 0 Å². The molecule has 0 bridgehead atoms. The highest BCUT2D eigenvalue weighted by Gasteiger charge is 2.14. The maximum absolute atomic E-state index is 5.56. The van der Waals surface area contributed by atoms with Crippen LogP contribution in [0.2, 0.25) is 0 Å². The number of hydrogen-bond acceptors (Lipinski definition) is 3. The van der Waals surface area contributed by atoms with E-state index in [9.17, 15) is 0 Å². The summed E-state index contributed by atoms with van der Waals surface area (Å²) in [4.78, 5) is 5.38. The van der Waals surface area contributed by atoms with Gasteiger partial charge in [-0.1, -0.05) is 37.4 Å². The molecule has 11 heavy (non-hydrogen) atoms. The lowest BCUT2D eigenvalue weighted by Gasteiger charge is -2.17. The fourth-order valence-electron chi connectivity index (χ4n) is 0.885. The quantitative estimate of drug-likeness (QED) is 0.648. The van der Waals surface area contributed by atoms with E-state index in [1.165, 1.54) is 16.7 Å². The second kappa shape index (κ2) is 3.62. The van der Waals surface area contributed by atoms with Crippen molar-refractivity contribution in [2.24, 2.45) is 16.6 Å². The Kier molecular flexibility index (Phi) is 2.76. The van der Waals surface area contributed by atoms with Crippen molar-refractivity contribution in [3.05, 3.63) is 23.6 Å². The van der Waals surface area contributed by atoms with Crippen molar-refractivity contribution in [3.8, 4) is 0 Å². The van der Waals surface area contributed by atoms with Gasteiger partial charge in [0.1, 0.15) is 0 Å². The zero-order valence-corrected chi connectivity index (χ0v) is 7.40. The predicted octanol–water partition coefficient (Wildman–Crippen LogP) is 1.75. The molecule has 0 saturated carbocycles. The molecule has 2 nitrogen and oxygen atoms in total. The summed E-state index contributed by atoms with van der Waals surface area (Å²) >= 11 is 1.54. The van der Waals surface area contributed by atoms with Crippen molar-refractivity contribution in [1.82, 2.24) is 0 Å². The van der Waals surface area contributed by atoms with Gasteiger partial charge in [-0.05, 0) is 4.91 Å². The van der Waals surface area contributed by atoms with E-state index < -0.39 is 0 Å². The average molecular weight is 168 g/mol. The normalized spacial score (nSPS) is 28.3. The van der Waals surface area contributed by atoms with Crippen LogP contribution in [0.1, 0.15) is 6.92 Å². The van der Waals surface area contributed by atoms with Crippen LogP contribution in [0.4, 0.5) is 0 Å². The standard InChI is InChI=1S/C8H12N2S/c1-3-4-7-6(2)5-10-8(9)11-7/h3-4,6H,1,5H2,2H3,(H2,9,10)/b7-4-/t6-/m1/s1. The Labute approximate surface area is 71.3 Å². The largest absolute Gasteiger partial charge is 0.378 e. The summed E-state index contributed by atoms with van der Waals surface area (Å²) in [6.07, 6.45) is 3.79. The van der Waals surface area contributed by atoms with Crippen molar-refractivity contribution in [1.29, 1.82) is 0 Å². The minimum absolute atomic E-state index is 0.491. The molecule has 3 heteroatoms. The Bertz CT molecular complexity index is 218. The van der Waals surface area contributed by atoms with Gasteiger partial charge in [0, 0.05) is 12.5 Å². The van der Waals surface area contributed by atoms with Gasteiger partial charge >= 0.3 is 0 Å². The van der Waals surface area contributed by atoms with E-state index >= 15 is 0 Å². The third-order valence-electron chi connectivity index (χ3n) is 1.51. The van der Waals surface area contributed by atoms with E-state index in [1.54, 1.807) is 6.08 Å². The molecule has 1 atom stereocenters. The minimum atomic E-state index is 0.491. The monoisotopic (exact) mass is 168 g/mol. The van der Waals surface area contributed by atoms with Crippen LogP contribution < -0.4 is 5.73 Å². The molecule has 60 valence electrons. The second-order valence-electron chi connectivity index (χ2n) is 2.49. The van der Waals surface area contributed by atoms with Gasteiger partial charge in [0.15, 0.2) is 5.17 Å². The first-order valence-corrected chi connectivity index (χ1v) is 4.36. The van der Waals surface area contributed by atoms with Crippen LogP contribution >= 0.6 is 11.8 Å². The second-order valence-corrected chi connectivity index (χ2v) is 3.58. The molecule has 0 aromatic carbocycles. The topological polar surface area (TPSA) is 38.4 Å². The van der Waals surface area contributed by atoms with Gasteiger partial charge in [0.2, 0.25) is 0 Å². The number of nitrogens with two attached hydrogens (primary N) is 1. The Balaban J connectivity index is 2.75. The molecule has 0 unspecified atom stereocenters. The fourth-order valence-corrected chi connectivity index (χ4v) is 1.71. The molecule has 2 N–H and O–H groups in total. The van der Waals surface area contributed by atoms with Crippen LogP contribution in [0, 0.1) is 5.92 Å². The molecule has 0 radical (unpaired) electrons. The van der Waals surface area contributed by atoms with E-state index in [0.29, 0.717) is 11.1 Å². The summed E-state index contributed by atoms with van der Waals surface area (Å²) in [6, 6.07) is 0. The van der Waals surface area contributed by atoms with Gasteiger partial charge in [0.25, 0.3) is 0 Å². The summed E-state index contributed by atoms with van der Waals surface area (Å²) < 4.78 is 0. The number of allylic oxidation sites excluding steroid dienone is 2. The molecule has 0 aromatic heterocycles. The highest BCUT2D eigenvalue weighted by Crippen LogP contribution is 2.28. The zero-order valence-electron chi connectivity index (χ0n) is 6.58. The molecular formula is C8H12N2S. The van der Waals surface area contributed by atoms with Crippen molar-refractivity contribution in [2.45, 2.75) is 6.92 Å². The Morgan fingerprint density at radius 1 is 1.82 bits per heavy atom. The van der Waals surface area contributed by atoms with Gasteiger partial charge in [-0.15, -0.1) is 0 Å². The molecule has 1 aliphatic rings. The molecule has 0 aliphatic carbocycles. The Hall–Kier alpha value is -0.700. The summed E-state index contributed by atoms with van der Waals surface area (Å²) in [7, 11) is 0. The molecular weight excluding hydrogens is 156 g/mol. The number of hydrogen-bond donors (Lipinski definition) is 1. The molecule has 1 aliphatic heterocycles. The lowest BCUT2D eigenvalue weighted by atomic mass is 10.1.